The zero-order valence-electron chi connectivity index (χ0n) is 26.5. The fourth-order valence-electron chi connectivity index (χ4n) is 8.19. The molecule has 0 bridgehead atoms. The number of aliphatic hydroxyl groups excluding tert-OH is 1. The van der Waals surface area contributed by atoms with Gasteiger partial charge >= 0.3 is 0 Å². The number of piperidine rings is 1. The van der Waals surface area contributed by atoms with Crippen molar-refractivity contribution in [3.05, 3.63) is 63.7 Å². The average molecular weight is 653 g/mol. The van der Waals surface area contributed by atoms with E-state index in [1.807, 2.05) is 24.3 Å². The number of fused-ring (bicyclic) bond motifs is 2. The van der Waals surface area contributed by atoms with Crippen LogP contribution < -0.4 is 9.80 Å². The number of amides is 3. The van der Waals surface area contributed by atoms with Crippen LogP contribution in [-0.2, 0) is 31.3 Å². The number of carbonyl (C=O) groups excluding carboxylic acids is 3. The monoisotopic (exact) mass is 652 g/mol. The topological polar surface area (TPSA) is 134 Å². The van der Waals surface area contributed by atoms with E-state index in [4.69, 9.17) is 4.74 Å². The number of likely N-dealkylation sites (tertiary alicyclic amines) is 1. The number of benzene rings is 2. The van der Waals surface area contributed by atoms with Gasteiger partial charge in [-0.25, -0.2) is 0 Å². The van der Waals surface area contributed by atoms with Crippen molar-refractivity contribution in [3.63, 3.8) is 0 Å². The molecule has 0 radical (unpaired) electrons. The zero-order chi connectivity index (χ0) is 33.0. The number of anilines is 2. The Balaban J connectivity index is 1.35. The molecular formula is C33H41FN4O7Si. The number of aliphatic hydroxyl groups is 1. The van der Waals surface area contributed by atoms with Crippen molar-refractivity contribution in [1.82, 2.24) is 4.90 Å². The Morgan fingerprint density at radius 2 is 1.87 bits per heavy atom. The van der Waals surface area contributed by atoms with E-state index >= 15 is 4.11 Å². The molecule has 0 unspecified atom stereocenters. The molecule has 4 aliphatic heterocycles. The maximum atomic E-state index is 16.2. The Morgan fingerprint density at radius 3 is 2.52 bits per heavy atom. The van der Waals surface area contributed by atoms with Gasteiger partial charge in [-0.15, -0.1) is 0 Å². The summed E-state index contributed by atoms with van der Waals surface area (Å²) >= 11 is 0. The molecule has 6 rings (SSSR count). The lowest BCUT2D eigenvalue weighted by Gasteiger charge is -2.31. The molecule has 4 heterocycles. The Kier molecular flexibility index (Phi) is 8.53. The Labute approximate surface area is 268 Å². The highest BCUT2D eigenvalue weighted by Crippen LogP contribution is 2.60. The van der Waals surface area contributed by atoms with Crippen LogP contribution in [0.5, 0.6) is 0 Å². The van der Waals surface area contributed by atoms with E-state index in [-0.39, 0.29) is 43.1 Å². The lowest BCUT2D eigenvalue weighted by Crippen LogP contribution is -2.45. The highest BCUT2D eigenvalue weighted by Gasteiger charge is 2.67. The van der Waals surface area contributed by atoms with Gasteiger partial charge in [0, 0.05) is 54.4 Å². The predicted molar refractivity (Wildman–Crippen MR) is 171 cm³/mol. The van der Waals surface area contributed by atoms with Crippen molar-refractivity contribution in [2.24, 2.45) is 5.92 Å². The molecule has 3 fully saturated rings. The van der Waals surface area contributed by atoms with Gasteiger partial charge in [0.05, 0.1) is 42.3 Å². The molecule has 1 spiro atoms. The van der Waals surface area contributed by atoms with Gasteiger partial charge in [0.15, 0.2) is 5.60 Å². The van der Waals surface area contributed by atoms with Crippen LogP contribution in [0, 0.1) is 16.0 Å². The van der Waals surface area contributed by atoms with E-state index in [2.05, 4.69) is 0 Å². The summed E-state index contributed by atoms with van der Waals surface area (Å²) in [6.45, 7) is 5.96. The molecule has 2 aromatic carbocycles. The largest absolute Gasteiger partial charge is 0.394 e. The summed E-state index contributed by atoms with van der Waals surface area (Å²) in [5.74, 6) is -1.34. The lowest BCUT2D eigenvalue weighted by atomic mass is 9.82. The summed E-state index contributed by atoms with van der Waals surface area (Å²) < 4.78 is 22.8. The van der Waals surface area contributed by atoms with Crippen molar-refractivity contribution in [1.29, 1.82) is 0 Å². The number of rotatable bonds is 8. The number of non-ortho nitro benzene ring substituents is 1. The standard InChI is InChI=1S/C33H41FN4O7Si/c1-21-31(46(2,3)34)28(18-30(41)36-16-6-7-25(36)20-39)45-33(21)26-17-24(38(43)44)13-14-27(26)37(32(33)42)19-22-9-11-23(12-10-22)35-15-5-4-8-29(35)40/h9-14,17,21,25,28,31,39H,4-8,15-16,18-20H2,1-3H3/t21-,25+,28+,31-,33+/m1/s1. The molecule has 13 heteroatoms. The van der Waals surface area contributed by atoms with Crippen LogP contribution in [0.25, 0.3) is 0 Å². The third-order valence-corrected chi connectivity index (χ3v) is 12.8. The number of carbonyl (C=O) groups is 3. The number of nitro benzene ring substituents is 1. The molecule has 5 atom stereocenters. The zero-order valence-corrected chi connectivity index (χ0v) is 27.5. The van der Waals surface area contributed by atoms with Gasteiger partial charge in [0.2, 0.25) is 20.2 Å². The first-order chi connectivity index (χ1) is 21.9. The van der Waals surface area contributed by atoms with Gasteiger partial charge < -0.3 is 28.7 Å². The highest BCUT2D eigenvalue weighted by molar-refractivity contribution is 6.72. The molecule has 1 N–H and O–H groups in total. The maximum absolute atomic E-state index is 16.2. The Bertz CT molecular complexity index is 1550. The van der Waals surface area contributed by atoms with Crippen LogP contribution in [0.15, 0.2) is 42.5 Å². The van der Waals surface area contributed by atoms with Crippen LogP contribution in [0.3, 0.4) is 0 Å². The van der Waals surface area contributed by atoms with Crippen LogP contribution in [0.2, 0.25) is 18.6 Å². The molecule has 3 saturated heterocycles. The van der Waals surface area contributed by atoms with E-state index in [0.717, 1.165) is 30.5 Å². The molecule has 246 valence electrons. The van der Waals surface area contributed by atoms with Gasteiger partial charge in [0.25, 0.3) is 11.6 Å². The summed E-state index contributed by atoms with van der Waals surface area (Å²) in [6, 6.07) is 11.4. The average Bonchev–Trinajstić information content (AvgIpc) is 3.68. The second-order valence-corrected chi connectivity index (χ2v) is 17.4. The van der Waals surface area contributed by atoms with Crippen molar-refractivity contribution >= 4 is 43.2 Å². The van der Waals surface area contributed by atoms with Crippen LogP contribution >= 0.6 is 0 Å². The van der Waals surface area contributed by atoms with Crippen molar-refractivity contribution in [3.8, 4) is 0 Å². The molecule has 3 amide bonds. The SMILES string of the molecule is C[C@@H]1[C@@H]([Si](C)(C)F)[C@H](CC(=O)N2CCC[C@H]2CO)O[C@@]12C(=O)N(Cc1ccc(N3CCCCC3=O)cc1)c1ccc([N+](=O)[O-])cc12. The van der Waals surface area contributed by atoms with Gasteiger partial charge in [-0.3, -0.25) is 24.5 Å². The van der Waals surface area contributed by atoms with Crippen molar-refractivity contribution in [2.45, 2.75) is 88.4 Å². The third-order valence-electron chi connectivity index (χ3n) is 10.4. The number of ether oxygens (including phenoxy) is 1. The quantitative estimate of drug-likeness (QED) is 0.187. The van der Waals surface area contributed by atoms with E-state index in [1.165, 1.54) is 17.0 Å². The first kappa shape index (κ1) is 32.3. The predicted octanol–water partition coefficient (Wildman–Crippen LogP) is 4.81. The lowest BCUT2D eigenvalue weighted by molar-refractivity contribution is -0.385. The van der Waals surface area contributed by atoms with Gasteiger partial charge in [0.1, 0.15) is 0 Å². The molecule has 0 saturated carbocycles. The minimum absolute atomic E-state index is 0.0806. The molecule has 2 aromatic rings. The first-order valence-electron chi connectivity index (χ1n) is 16.1. The van der Waals surface area contributed by atoms with Crippen LogP contribution in [0.4, 0.5) is 21.2 Å². The minimum atomic E-state index is -3.57. The van der Waals surface area contributed by atoms with E-state index < -0.39 is 42.4 Å². The fraction of sp³-hybridized carbons (Fsp3) is 0.545. The second-order valence-electron chi connectivity index (χ2n) is 13.6. The van der Waals surface area contributed by atoms with Crippen LogP contribution in [-0.4, -0.2) is 72.9 Å². The smallest absolute Gasteiger partial charge is 0.269 e. The normalized spacial score (nSPS) is 28.0. The van der Waals surface area contributed by atoms with Crippen molar-refractivity contribution < 1.29 is 33.3 Å². The Hall–Kier alpha value is -3.68. The minimum Gasteiger partial charge on any atom is -0.394 e. The molecule has 4 aliphatic rings. The molecule has 0 aromatic heterocycles. The first-order valence-corrected chi connectivity index (χ1v) is 19.1. The summed E-state index contributed by atoms with van der Waals surface area (Å²) in [5, 5.41) is 21.7. The molecule has 0 aliphatic carbocycles. The third kappa shape index (κ3) is 5.41. The summed E-state index contributed by atoms with van der Waals surface area (Å²) in [4.78, 5) is 56.9. The van der Waals surface area contributed by atoms with Gasteiger partial charge in [-0.2, -0.15) is 0 Å². The van der Waals surface area contributed by atoms with Crippen LogP contribution in [0.1, 0.15) is 56.6 Å². The molecule has 11 nitrogen and oxygen atoms in total. The van der Waals surface area contributed by atoms with E-state index in [9.17, 15) is 29.6 Å². The van der Waals surface area contributed by atoms with E-state index in [1.54, 1.807) is 35.9 Å². The summed E-state index contributed by atoms with van der Waals surface area (Å²) in [5.41, 5.74) is -0.355. The number of nitro groups is 1. The maximum Gasteiger partial charge on any atom is 0.269 e. The summed E-state index contributed by atoms with van der Waals surface area (Å²) in [7, 11) is -3.57. The number of hydrogen-bond donors (Lipinski definition) is 1. The number of nitrogens with zero attached hydrogens (tertiary/aromatic N) is 4. The molecular weight excluding hydrogens is 611 g/mol. The highest BCUT2D eigenvalue weighted by atomic mass is 28.4. The number of hydrogen-bond acceptors (Lipinski definition) is 7. The van der Waals surface area contributed by atoms with Gasteiger partial charge in [-0.05, 0) is 62.5 Å². The fourth-order valence-corrected chi connectivity index (χ4v) is 10.7. The summed E-state index contributed by atoms with van der Waals surface area (Å²) in [6.07, 6.45) is 2.69. The van der Waals surface area contributed by atoms with Crippen molar-refractivity contribution in [2.75, 3.05) is 29.5 Å². The molecule has 46 heavy (non-hydrogen) atoms. The Morgan fingerprint density at radius 1 is 1.13 bits per heavy atom. The number of halogens is 1. The second kappa shape index (κ2) is 12.2. The van der Waals surface area contributed by atoms with E-state index in [0.29, 0.717) is 37.2 Å². The van der Waals surface area contributed by atoms with Gasteiger partial charge in [-0.1, -0.05) is 19.1 Å².